The van der Waals surface area contributed by atoms with Crippen LogP contribution >= 0.6 is 0 Å². The molecule has 0 aliphatic carbocycles. The van der Waals surface area contributed by atoms with Crippen LogP contribution in [0.1, 0.15) is 22.1 Å². The monoisotopic (exact) mass is 437 g/mol. The van der Waals surface area contributed by atoms with Gasteiger partial charge in [-0.2, -0.15) is 0 Å². The van der Waals surface area contributed by atoms with Crippen molar-refractivity contribution in [3.63, 3.8) is 0 Å². The van der Waals surface area contributed by atoms with Crippen LogP contribution in [0.5, 0.6) is 0 Å². The van der Waals surface area contributed by atoms with Crippen LogP contribution in [0, 0.1) is 19.7 Å². The molecule has 29 heavy (non-hydrogen) atoms. The molecular formula is C20H20FNO5S2. The van der Waals surface area contributed by atoms with Crippen molar-refractivity contribution in [3.8, 4) is 0 Å². The standard InChI is InChI=1S/C20H20FNO5S2/c1-14-5-7-16(8-6-14)28(23,24)20(19-4-3-11-27-19)13-22-29(25,26)17-9-10-18(21)15(2)12-17/h3-12,20,22H,13H2,1-2H3/t20-/m0/s1. The van der Waals surface area contributed by atoms with Gasteiger partial charge in [-0.25, -0.2) is 25.9 Å². The Morgan fingerprint density at radius 3 is 2.21 bits per heavy atom. The van der Waals surface area contributed by atoms with Crippen molar-refractivity contribution in [2.24, 2.45) is 0 Å². The van der Waals surface area contributed by atoms with Gasteiger partial charge in [0, 0.05) is 6.54 Å². The van der Waals surface area contributed by atoms with Crippen LogP contribution in [-0.2, 0) is 19.9 Å². The number of halogens is 1. The molecule has 0 fully saturated rings. The maximum Gasteiger partial charge on any atom is 0.240 e. The number of sulfonamides is 1. The summed E-state index contributed by atoms with van der Waals surface area (Å²) in [5.41, 5.74) is 1.06. The Morgan fingerprint density at radius 1 is 0.966 bits per heavy atom. The molecule has 3 rings (SSSR count). The fourth-order valence-electron chi connectivity index (χ4n) is 2.78. The molecule has 1 N–H and O–H groups in total. The zero-order valence-corrected chi connectivity index (χ0v) is 17.4. The molecule has 0 saturated heterocycles. The fourth-order valence-corrected chi connectivity index (χ4v) is 5.61. The summed E-state index contributed by atoms with van der Waals surface area (Å²) in [6.07, 6.45) is 1.32. The fraction of sp³-hybridized carbons (Fsp3) is 0.200. The normalized spacial score (nSPS) is 13.3. The van der Waals surface area contributed by atoms with Crippen molar-refractivity contribution >= 4 is 19.9 Å². The molecule has 1 heterocycles. The molecule has 3 aromatic rings. The molecule has 0 bridgehead atoms. The van der Waals surface area contributed by atoms with Gasteiger partial charge in [0.15, 0.2) is 9.84 Å². The summed E-state index contributed by atoms with van der Waals surface area (Å²) in [6, 6.07) is 12.6. The Hall–Kier alpha value is -2.49. The Morgan fingerprint density at radius 2 is 1.62 bits per heavy atom. The van der Waals surface area contributed by atoms with Crippen molar-refractivity contribution in [3.05, 3.63) is 83.6 Å². The van der Waals surface area contributed by atoms with Gasteiger partial charge in [0.05, 0.1) is 16.1 Å². The third-order valence-corrected chi connectivity index (χ3v) is 7.98. The van der Waals surface area contributed by atoms with Crippen molar-refractivity contribution in [1.82, 2.24) is 4.72 Å². The Labute approximate surface area is 169 Å². The summed E-state index contributed by atoms with van der Waals surface area (Å²) < 4.78 is 72.6. The highest BCUT2D eigenvalue weighted by molar-refractivity contribution is 7.92. The van der Waals surface area contributed by atoms with Gasteiger partial charge in [0.1, 0.15) is 16.8 Å². The van der Waals surface area contributed by atoms with Gasteiger partial charge in [-0.05, 0) is 61.9 Å². The average molecular weight is 438 g/mol. The summed E-state index contributed by atoms with van der Waals surface area (Å²) >= 11 is 0. The highest BCUT2D eigenvalue weighted by Gasteiger charge is 2.33. The summed E-state index contributed by atoms with van der Waals surface area (Å²) in [5.74, 6) is -0.414. The van der Waals surface area contributed by atoms with Crippen LogP contribution in [0.2, 0.25) is 0 Å². The van der Waals surface area contributed by atoms with E-state index >= 15 is 0 Å². The molecule has 0 radical (unpaired) electrons. The Kier molecular flexibility index (Phi) is 5.92. The van der Waals surface area contributed by atoms with Gasteiger partial charge >= 0.3 is 0 Å². The first-order chi connectivity index (χ1) is 13.6. The molecule has 0 unspecified atom stereocenters. The average Bonchev–Trinajstić information content (AvgIpc) is 3.18. The van der Waals surface area contributed by atoms with Crippen LogP contribution in [0.3, 0.4) is 0 Å². The highest BCUT2D eigenvalue weighted by Crippen LogP contribution is 2.29. The molecule has 2 aromatic carbocycles. The SMILES string of the molecule is Cc1ccc(S(=O)(=O)[C@@H](CNS(=O)(=O)c2ccc(F)c(C)c2)c2ccco2)cc1. The van der Waals surface area contributed by atoms with Crippen molar-refractivity contribution in [1.29, 1.82) is 0 Å². The minimum absolute atomic E-state index is 0.0568. The second-order valence-electron chi connectivity index (χ2n) is 6.63. The first-order valence-corrected chi connectivity index (χ1v) is 11.7. The van der Waals surface area contributed by atoms with Gasteiger partial charge in [0.2, 0.25) is 10.0 Å². The number of furan rings is 1. The van der Waals surface area contributed by atoms with Gasteiger partial charge in [0.25, 0.3) is 0 Å². The first kappa shape index (κ1) is 21.2. The summed E-state index contributed by atoms with van der Waals surface area (Å²) in [7, 11) is -8.00. The molecule has 0 aliphatic rings. The molecule has 0 spiro atoms. The zero-order valence-electron chi connectivity index (χ0n) is 15.8. The minimum Gasteiger partial charge on any atom is -0.468 e. The smallest absolute Gasteiger partial charge is 0.240 e. The number of benzene rings is 2. The third kappa shape index (κ3) is 4.58. The van der Waals surface area contributed by atoms with E-state index in [0.29, 0.717) is 0 Å². The predicted octanol–water partition coefficient (Wildman–Crippen LogP) is 3.53. The second kappa shape index (κ2) is 8.10. The first-order valence-electron chi connectivity index (χ1n) is 8.71. The molecule has 0 aliphatic heterocycles. The number of nitrogens with one attached hydrogen (secondary N) is 1. The molecule has 0 amide bonds. The van der Waals surface area contributed by atoms with E-state index in [1.807, 2.05) is 6.92 Å². The number of rotatable bonds is 7. The lowest BCUT2D eigenvalue weighted by atomic mass is 10.2. The van der Waals surface area contributed by atoms with E-state index in [1.54, 1.807) is 12.1 Å². The quantitative estimate of drug-likeness (QED) is 0.610. The summed E-state index contributed by atoms with van der Waals surface area (Å²) in [6.45, 7) is 2.84. The molecule has 1 aromatic heterocycles. The third-order valence-electron chi connectivity index (χ3n) is 4.48. The number of sulfone groups is 1. The largest absolute Gasteiger partial charge is 0.468 e. The number of hydrogen-bond donors (Lipinski definition) is 1. The Balaban J connectivity index is 1.93. The number of hydrogen-bond acceptors (Lipinski definition) is 5. The van der Waals surface area contributed by atoms with Crippen molar-refractivity contribution in [2.75, 3.05) is 6.54 Å². The van der Waals surface area contributed by atoms with Gasteiger partial charge in [-0.3, -0.25) is 0 Å². The number of aryl methyl sites for hydroxylation is 2. The molecule has 6 nitrogen and oxygen atoms in total. The van der Waals surface area contributed by atoms with Gasteiger partial charge < -0.3 is 4.42 Å². The van der Waals surface area contributed by atoms with Crippen LogP contribution in [0.4, 0.5) is 4.39 Å². The van der Waals surface area contributed by atoms with Crippen LogP contribution < -0.4 is 4.72 Å². The van der Waals surface area contributed by atoms with E-state index in [0.717, 1.165) is 17.7 Å². The van der Waals surface area contributed by atoms with Crippen LogP contribution in [0.15, 0.2) is 75.1 Å². The van der Waals surface area contributed by atoms with E-state index in [-0.39, 0.29) is 21.1 Å². The lowest BCUT2D eigenvalue weighted by Gasteiger charge is -2.17. The van der Waals surface area contributed by atoms with Gasteiger partial charge in [-0.15, -0.1) is 0 Å². The molecule has 1 atom stereocenters. The van der Waals surface area contributed by atoms with Crippen LogP contribution in [0.25, 0.3) is 0 Å². The molecule has 0 saturated carbocycles. The highest BCUT2D eigenvalue weighted by atomic mass is 32.2. The molecule has 154 valence electrons. The molecule has 9 heteroatoms. The second-order valence-corrected chi connectivity index (χ2v) is 10.5. The van der Waals surface area contributed by atoms with Crippen molar-refractivity contribution in [2.45, 2.75) is 28.9 Å². The van der Waals surface area contributed by atoms with E-state index in [1.165, 1.54) is 43.5 Å². The van der Waals surface area contributed by atoms with E-state index in [2.05, 4.69) is 4.72 Å². The van der Waals surface area contributed by atoms with E-state index in [4.69, 9.17) is 4.42 Å². The summed E-state index contributed by atoms with van der Waals surface area (Å²) in [4.78, 5) is -0.0938. The maximum absolute atomic E-state index is 13.5. The van der Waals surface area contributed by atoms with Crippen LogP contribution in [-0.4, -0.2) is 23.4 Å². The maximum atomic E-state index is 13.5. The Bertz CT molecular complexity index is 1200. The van der Waals surface area contributed by atoms with Crippen molar-refractivity contribution < 1.29 is 25.6 Å². The lowest BCUT2D eigenvalue weighted by molar-refractivity contribution is 0.486. The van der Waals surface area contributed by atoms with E-state index in [9.17, 15) is 21.2 Å². The molecular weight excluding hydrogens is 417 g/mol. The van der Waals surface area contributed by atoms with E-state index < -0.39 is 37.5 Å². The minimum atomic E-state index is -4.06. The van der Waals surface area contributed by atoms with Gasteiger partial charge in [-0.1, -0.05) is 17.7 Å². The summed E-state index contributed by atoms with van der Waals surface area (Å²) in [5, 5.41) is -1.27. The lowest BCUT2D eigenvalue weighted by Crippen LogP contribution is -2.32. The topological polar surface area (TPSA) is 93.5 Å². The predicted molar refractivity (Wildman–Crippen MR) is 106 cm³/mol. The zero-order chi connectivity index (χ0) is 21.2.